The summed E-state index contributed by atoms with van der Waals surface area (Å²) in [5, 5.41) is 2.67. The lowest BCUT2D eigenvalue weighted by atomic mass is 9.96. The number of H-pyrrole nitrogens is 1. The first-order valence-electron chi connectivity index (χ1n) is 5.83. The summed E-state index contributed by atoms with van der Waals surface area (Å²) in [5.41, 5.74) is -0.187. The van der Waals surface area contributed by atoms with Gasteiger partial charge in [0.1, 0.15) is 10.3 Å². The topological polar surface area (TPSA) is 78.1 Å². The molecule has 0 atom stereocenters. The van der Waals surface area contributed by atoms with E-state index in [0.29, 0.717) is 10.3 Å². The molecule has 0 radical (unpaired) electrons. The van der Waals surface area contributed by atoms with Gasteiger partial charge in [-0.3, -0.25) is 9.59 Å². The first kappa shape index (κ1) is 13.1. The van der Waals surface area contributed by atoms with E-state index in [4.69, 9.17) is 0 Å². The Labute approximate surface area is 113 Å². The summed E-state index contributed by atoms with van der Waals surface area (Å²) in [4.78, 5) is 31.7. The van der Waals surface area contributed by atoms with Crippen molar-refractivity contribution in [3.05, 3.63) is 21.2 Å². The minimum absolute atomic E-state index is 0.0621. The van der Waals surface area contributed by atoms with Gasteiger partial charge in [-0.05, 0) is 28.8 Å². The molecule has 1 aliphatic heterocycles. The zero-order valence-electron chi connectivity index (χ0n) is 10.1. The summed E-state index contributed by atoms with van der Waals surface area (Å²) >= 11 is 3.25. The summed E-state index contributed by atoms with van der Waals surface area (Å²) in [6, 6.07) is 0. The van der Waals surface area contributed by atoms with Gasteiger partial charge in [0.25, 0.3) is 5.56 Å². The van der Waals surface area contributed by atoms with Gasteiger partial charge in [-0.25, -0.2) is 4.98 Å². The molecule has 98 valence electrons. The molecule has 0 aromatic carbocycles. The number of piperidine rings is 1. The van der Waals surface area contributed by atoms with E-state index < -0.39 is 0 Å². The standard InChI is InChI=1S/C11H15BrN4O2/c1-13-10(17)7-2-4-16(5-3-7)9-8(12)11(18)15-6-14-9/h6-7H,2-5H2,1H3,(H,13,17)(H,14,15,18). The van der Waals surface area contributed by atoms with Crippen molar-refractivity contribution in [2.45, 2.75) is 12.8 Å². The summed E-state index contributed by atoms with van der Waals surface area (Å²) in [5.74, 6) is 0.800. The van der Waals surface area contributed by atoms with Crippen LogP contribution < -0.4 is 15.8 Å². The Morgan fingerprint density at radius 3 is 2.83 bits per heavy atom. The molecule has 7 heteroatoms. The SMILES string of the molecule is CNC(=O)C1CCN(c2nc[nH]c(=O)c2Br)CC1. The Bertz CT molecular complexity index is 494. The zero-order valence-corrected chi connectivity index (χ0v) is 11.7. The number of carbonyl (C=O) groups excluding carboxylic acids is 1. The van der Waals surface area contributed by atoms with E-state index in [9.17, 15) is 9.59 Å². The predicted octanol–water partition coefficient (Wildman–Crippen LogP) is 0.495. The van der Waals surface area contributed by atoms with E-state index >= 15 is 0 Å². The van der Waals surface area contributed by atoms with Crippen LogP contribution in [-0.2, 0) is 4.79 Å². The summed E-state index contributed by atoms with van der Waals surface area (Å²) in [6.45, 7) is 1.46. The lowest BCUT2D eigenvalue weighted by molar-refractivity contribution is -0.125. The molecule has 0 bridgehead atoms. The highest BCUT2D eigenvalue weighted by Gasteiger charge is 2.26. The molecule has 0 spiro atoms. The Morgan fingerprint density at radius 1 is 1.56 bits per heavy atom. The number of carbonyl (C=O) groups is 1. The molecular formula is C11H15BrN4O2. The van der Waals surface area contributed by atoms with Crippen LogP contribution in [0.4, 0.5) is 5.82 Å². The molecule has 1 aromatic heterocycles. The zero-order chi connectivity index (χ0) is 13.1. The molecule has 0 aliphatic carbocycles. The fraction of sp³-hybridized carbons (Fsp3) is 0.545. The Morgan fingerprint density at radius 2 is 2.22 bits per heavy atom. The third-order valence-corrected chi connectivity index (χ3v) is 3.90. The van der Waals surface area contributed by atoms with Crippen LogP contribution in [0.2, 0.25) is 0 Å². The van der Waals surface area contributed by atoms with Crippen LogP contribution in [0.5, 0.6) is 0 Å². The largest absolute Gasteiger partial charge is 0.359 e. The van der Waals surface area contributed by atoms with Crippen LogP contribution in [0.3, 0.4) is 0 Å². The highest BCUT2D eigenvalue weighted by Crippen LogP contribution is 2.25. The van der Waals surface area contributed by atoms with Crippen LogP contribution in [0.15, 0.2) is 15.6 Å². The number of halogens is 1. The maximum atomic E-state index is 11.5. The Kier molecular flexibility index (Phi) is 4.00. The smallest absolute Gasteiger partial charge is 0.267 e. The van der Waals surface area contributed by atoms with E-state index in [-0.39, 0.29) is 17.4 Å². The normalized spacial score (nSPS) is 16.7. The maximum Gasteiger partial charge on any atom is 0.267 e. The molecule has 1 saturated heterocycles. The van der Waals surface area contributed by atoms with Crippen molar-refractivity contribution in [1.29, 1.82) is 0 Å². The average molecular weight is 315 g/mol. The fourth-order valence-electron chi connectivity index (χ4n) is 2.15. The summed E-state index contributed by atoms with van der Waals surface area (Å²) in [7, 11) is 1.66. The van der Waals surface area contributed by atoms with Crippen molar-refractivity contribution < 1.29 is 4.79 Å². The number of anilines is 1. The number of nitrogens with zero attached hydrogens (tertiary/aromatic N) is 2. The number of aromatic nitrogens is 2. The van der Waals surface area contributed by atoms with Crippen molar-refractivity contribution in [1.82, 2.24) is 15.3 Å². The van der Waals surface area contributed by atoms with Crippen LogP contribution in [0.25, 0.3) is 0 Å². The Balaban J connectivity index is 2.08. The molecule has 1 aliphatic rings. The first-order valence-corrected chi connectivity index (χ1v) is 6.62. The van der Waals surface area contributed by atoms with Crippen molar-refractivity contribution >= 4 is 27.7 Å². The number of rotatable bonds is 2. The van der Waals surface area contributed by atoms with Crippen molar-refractivity contribution in [3.63, 3.8) is 0 Å². The number of amides is 1. The third kappa shape index (κ3) is 2.55. The minimum atomic E-state index is -0.187. The second-order valence-electron chi connectivity index (χ2n) is 4.24. The number of hydrogen-bond acceptors (Lipinski definition) is 4. The molecule has 0 unspecified atom stereocenters. The van der Waals surface area contributed by atoms with Crippen LogP contribution in [-0.4, -0.2) is 36.0 Å². The van der Waals surface area contributed by atoms with E-state index in [0.717, 1.165) is 25.9 Å². The summed E-state index contributed by atoms with van der Waals surface area (Å²) in [6.07, 6.45) is 2.95. The summed E-state index contributed by atoms with van der Waals surface area (Å²) < 4.78 is 0.448. The van der Waals surface area contributed by atoms with Gasteiger partial charge in [0.15, 0.2) is 0 Å². The number of hydrogen-bond donors (Lipinski definition) is 2. The lowest BCUT2D eigenvalue weighted by Crippen LogP contribution is -2.40. The molecule has 2 heterocycles. The second-order valence-corrected chi connectivity index (χ2v) is 5.04. The molecule has 18 heavy (non-hydrogen) atoms. The fourth-order valence-corrected chi connectivity index (χ4v) is 2.62. The predicted molar refractivity (Wildman–Crippen MR) is 71.6 cm³/mol. The van der Waals surface area contributed by atoms with Crippen molar-refractivity contribution in [2.24, 2.45) is 5.92 Å². The molecule has 1 fully saturated rings. The molecule has 1 aromatic rings. The van der Waals surface area contributed by atoms with Gasteiger partial charge in [-0.1, -0.05) is 0 Å². The van der Waals surface area contributed by atoms with Gasteiger partial charge in [0, 0.05) is 26.1 Å². The van der Waals surface area contributed by atoms with Crippen LogP contribution in [0, 0.1) is 5.92 Å². The highest BCUT2D eigenvalue weighted by molar-refractivity contribution is 9.10. The van der Waals surface area contributed by atoms with Gasteiger partial charge < -0.3 is 15.2 Å². The molecule has 2 rings (SSSR count). The van der Waals surface area contributed by atoms with Crippen LogP contribution in [0.1, 0.15) is 12.8 Å². The van der Waals surface area contributed by atoms with Crippen LogP contribution >= 0.6 is 15.9 Å². The first-order chi connectivity index (χ1) is 8.63. The van der Waals surface area contributed by atoms with E-state index in [1.807, 2.05) is 4.90 Å². The monoisotopic (exact) mass is 314 g/mol. The van der Waals surface area contributed by atoms with Crippen molar-refractivity contribution in [3.8, 4) is 0 Å². The van der Waals surface area contributed by atoms with E-state index in [1.165, 1.54) is 6.33 Å². The lowest BCUT2D eigenvalue weighted by Gasteiger charge is -2.32. The minimum Gasteiger partial charge on any atom is -0.359 e. The molecule has 6 nitrogen and oxygen atoms in total. The number of nitrogens with one attached hydrogen (secondary N) is 2. The third-order valence-electron chi connectivity index (χ3n) is 3.19. The van der Waals surface area contributed by atoms with E-state index in [2.05, 4.69) is 31.2 Å². The van der Waals surface area contributed by atoms with Crippen molar-refractivity contribution in [2.75, 3.05) is 25.0 Å². The quantitative estimate of drug-likeness (QED) is 0.833. The Hall–Kier alpha value is -1.37. The van der Waals surface area contributed by atoms with Gasteiger partial charge in [-0.15, -0.1) is 0 Å². The molecule has 0 saturated carbocycles. The van der Waals surface area contributed by atoms with Gasteiger partial charge in [-0.2, -0.15) is 0 Å². The van der Waals surface area contributed by atoms with Gasteiger partial charge >= 0.3 is 0 Å². The molecule has 2 N–H and O–H groups in total. The van der Waals surface area contributed by atoms with Gasteiger partial charge in [0.2, 0.25) is 5.91 Å². The number of aromatic amines is 1. The molecule has 1 amide bonds. The maximum absolute atomic E-state index is 11.5. The molecular weight excluding hydrogens is 300 g/mol. The van der Waals surface area contributed by atoms with Gasteiger partial charge in [0.05, 0.1) is 6.33 Å². The highest BCUT2D eigenvalue weighted by atomic mass is 79.9. The average Bonchev–Trinajstić information content (AvgIpc) is 2.41. The van der Waals surface area contributed by atoms with E-state index in [1.54, 1.807) is 7.05 Å². The second kappa shape index (κ2) is 5.51.